The lowest BCUT2D eigenvalue weighted by molar-refractivity contribution is -0.132. The van der Waals surface area contributed by atoms with E-state index in [9.17, 15) is 13.2 Å². The molecule has 2 heterocycles. The molecule has 1 unspecified atom stereocenters. The molecule has 0 N–H and O–H groups in total. The first-order valence-corrected chi connectivity index (χ1v) is 16.9. The molecule has 1 aliphatic rings. The van der Waals surface area contributed by atoms with E-state index in [1.165, 1.54) is 4.31 Å². The predicted molar refractivity (Wildman–Crippen MR) is 171 cm³/mol. The Morgan fingerprint density at radius 3 is 2.33 bits per heavy atom. The van der Waals surface area contributed by atoms with E-state index in [0.717, 1.165) is 33.7 Å². The molecule has 1 atom stereocenters. The smallest absolute Gasteiger partial charge is 0.243 e. The maximum absolute atomic E-state index is 14.0. The fourth-order valence-electron chi connectivity index (χ4n) is 5.14. The van der Waals surface area contributed by atoms with Gasteiger partial charge in [0.2, 0.25) is 15.9 Å². The zero-order chi connectivity index (χ0) is 31.2. The molecule has 0 bridgehead atoms. The average molecular weight is 629 g/mol. The molecule has 8 nitrogen and oxygen atoms in total. The highest BCUT2D eigenvalue weighted by Gasteiger charge is 2.32. The zero-order valence-corrected chi connectivity index (χ0v) is 27.7. The third kappa shape index (κ3) is 8.59. The van der Waals surface area contributed by atoms with Crippen molar-refractivity contribution < 1.29 is 27.4 Å². The molecule has 43 heavy (non-hydrogen) atoms. The highest BCUT2D eigenvalue weighted by Crippen LogP contribution is 2.29. The van der Waals surface area contributed by atoms with Gasteiger partial charge in [-0.25, -0.2) is 8.42 Å². The van der Waals surface area contributed by atoms with Crippen LogP contribution in [0.15, 0.2) is 59.5 Å². The molecule has 0 aliphatic carbocycles. The summed E-state index contributed by atoms with van der Waals surface area (Å²) in [4.78, 5) is 18.1. The fourth-order valence-corrected chi connectivity index (χ4v) is 7.47. The molecule has 1 saturated heterocycles. The predicted octanol–water partition coefficient (Wildman–Crippen LogP) is 5.81. The Balaban J connectivity index is 1.59. The van der Waals surface area contributed by atoms with Crippen molar-refractivity contribution in [1.29, 1.82) is 0 Å². The largest absolute Gasteiger partial charge is 0.493 e. The van der Waals surface area contributed by atoms with E-state index >= 15 is 0 Å². The van der Waals surface area contributed by atoms with Crippen LogP contribution in [0.4, 0.5) is 0 Å². The SMILES string of the molecule is COc1ccc(CCN(Cc2ccc(C)s2)C(=O)CN(CC2CCCO2)S(=O)(=O)c2ccc(C(C)(C)C)cc2)cc1OC. The summed E-state index contributed by atoms with van der Waals surface area (Å²) >= 11 is 1.63. The molecule has 0 spiro atoms. The third-order valence-electron chi connectivity index (χ3n) is 7.71. The van der Waals surface area contributed by atoms with Crippen molar-refractivity contribution in [1.82, 2.24) is 9.21 Å². The van der Waals surface area contributed by atoms with Crippen molar-refractivity contribution in [2.24, 2.45) is 0 Å². The maximum atomic E-state index is 14.0. The second kappa shape index (κ2) is 14.2. The summed E-state index contributed by atoms with van der Waals surface area (Å²) in [5.74, 6) is 1.01. The van der Waals surface area contributed by atoms with Crippen LogP contribution in [0, 0.1) is 6.92 Å². The normalized spacial score (nSPS) is 15.6. The Morgan fingerprint density at radius 1 is 1.02 bits per heavy atom. The van der Waals surface area contributed by atoms with E-state index < -0.39 is 10.0 Å². The second-order valence-corrected chi connectivity index (χ2v) is 15.3. The van der Waals surface area contributed by atoms with Gasteiger partial charge in [-0.2, -0.15) is 4.31 Å². The summed E-state index contributed by atoms with van der Waals surface area (Å²) in [6.45, 7) is 9.58. The maximum Gasteiger partial charge on any atom is 0.243 e. The molecule has 234 valence electrons. The monoisotopic (exact) mass is 628 g/mol. The number of hydrogen-bond acceptors (Lipinski definition) is 7. The number of rotatable bonds is 13. The zero-order valence-electron chi connectivity index (χ0n) is 26.1. The van der Waals surface area contributed by atoms with Gasteiger partial charge >= 0.3 is 0 Å². The fraction of sp³-hybridized carbons (Fsp3) is 0.485. The molecule has 4 rings (SSSR count). The lowest BCUT2D eigenvalue weighted by Crippen LogP contribution is -2.45. The van der Waals surface area contributed by atoms with Gasteiger partial charge in [0.15, 0.2) is 11.5 Å². The van der Waals surface area contributed by atoms with Gasteiger partial charge in [0, 0.05) is 29.5 Å². The first kappa shape index (κ1) is 33.0. The van der Waals surface area contributed by atoms with Crippen LogP contribution in [0.25, 0.3) is 0 Å². The van der Waals surface area contributed by atoms with Crippen molar-refractivity contribution in [2.75, 3.05) is 40.5 Å². The number of thiophene rings is 1. The minimum absolute atomic E-state index is 0.107. The van der Waals surface area contributed by atoms with Gasteiger partial charge < -0.3 is 19.1 Å². The van der Waals surface area contributed by atoms with E-state index in [4.69, 9.17) is 14.2 Å². The van der Waals surface area contributed by atoms with Gasteiger partial charge in [-0.1, -0.05) is 39.0 Å². The molecule has 1 aliphatic heterocycles. The molecule has 2 aromatic carbocycles. The molecule has 0 radical (unpaired) electrons. The summed E-state index contributed by atoms with van der Waals surface area (Å²) in [7, 11) is -0.767. The summed E-state index contributed by atoms with van der Waals surface area (Å²) in [5.41, 5.74) is 1.92. The van der Waals surface area contributed by atoms with Gasteiger partial charge in [0.05, 0.1) is 38.3 Å². The lowest BCUT2D eigenvalue weighted by atomic mass is 9.87. The number of carbonyl (C=O) groups excluding carboxylic acids is 1. The number of sulfonamides is 1. The number of aryl methyl sites for hydroxylation is 1. The Bertz CT molecular complexity index is 1470. The van der Waals surface area contributed by atoms with E-state index in [0.29, 0.717) is 37.6 Å². The molecular weight excluding hydrogens is 585 g/mol. The van der Waals surface area contributed by atoms with Gasteiger partial charge in [0.1, 0.15) is 0 Å². The second-order valence-electron chi connectivity index (χ2n) is 12.0. The standard InChI is InChI=1S/C33H44N2O6S2/c1-24-9-13-28(42-24)22-34(18-17-25-10-16-30(39-5)31(20-25)40-6)32(36)23-35(21-27-8-7-19-41-27)43(37,38)29-14-11-26(12-15-29)33(2,3)4/h9-16,20,27H,7-8,17-19,21-23H2,1-6H3. The molecule has 10 heteroatoms. The van der Waals surface area contributed by atoms with Crippen molar-refractivity contribution in [3.63, 3.8) is 0 Å². The molecule has 3 aromatic rings. The van der Waals surface area contributed by atoms with Crippen molar-refractivity contribution in [2.45, 2.75) is 69.9 Å². The van der Waals surface area contributed by atoms with Crippen LogP contribution >= 0.6 is 11.3 Å². The number of nitrogens with zero attached hydrogens (tertiary/aromatic N) is 2. The number of benzene rings is 2. The van der Waals surface area contributed by atoms with Crippen LogP contribution in [0.5, 0.6) is 11.5 Å². The Kier molecular flexibility index (Phi) is 10.9. The third-order valence-corrected chi connectivity index (χ3v) is 10.5. The van der Waals surface area contributed by atoms with Crippen molar-refractivity contribution >= 4 is 27.3 Å². The first-order valence-electron chi connectivity index (χ1n) is 14.7. The highest BCUT2D eigenvalue weighted by molar-refractivity contribution is 7.89. The summed E-state index contributed by atoms with van der Waals surface area (Å²) < 4.78 is 45.9. The van der Waals surface area contributed by atoms with Crippen molar-refractivity contribution in [3.05, 3.63) is 75.5 Å². The number of methoxy groups -OCH3 is 2. The molecular formula is C33H44N2O6S2. The summed E-state index contributed by atoms with van der Waals surface area (Å²) in [5, 5.41) is 0. The minimum Gasteiger partial charge on any atom is -0.493 e. The van der Waals surface area contributed by atoms with Gasteiger partial charge in [-0.05, 0) is 79.1 Å². The van der Waals surface area contributed by atoms with Crippen LogP contribution in [-0.4, -0.2) is 70.1 Å². The summed E-state index contributed by atoms with van der Waals surface area (Å²) in [6, 6.07) is 16.8. The van der Waals surface area contributed by atoms with Crippen LogP contribution < -0.4 is 9.47 Å². The van der Waals surface area contributed by atoms with Gasteiger partial charge in [0.25, 0.3) is 0 Å². The molecule has 1 amide bonds. The molecule has 0 saturated carbocycles. The van der Waals surface area contributed by atoms with Crippen LogP contribution in [-0.2, 0) is 37.9 Å². The Labute approximate surface area is 260 Å². The van der Waals surface area contributed by atoms with Crippen LogP contribution in [0.2, 0.25) is 0 Å². The van der Waals surface area contributed by atoms with E-state index in [1.807, 2.05) is 49.4 Å². The number of hydrogen-bond donors (Lipinski definition) is 0. The quantitative estimate of drug-likeness (QED) is 0.238. The Morgan fingerprint density at radius 2 is 1.74 bits per heavy atom. The topological polar surface area (TPSA) is 85.4 Å². The minimum atomic E-state index is -3.95. The van der Waals surface area contributed by atoms with Crippen molar-refractivity contribution in [3.8, 4) is 11.5 Å². The molecule has 1 aromatic heterocycles. The molecule has 1 fully saturated rings. The Hall–Kier alpha value is -2.92. The van der Waals surface area contributed by atoms with Gasteiger partial charge in [-0.3, -0.25) is 4.79 Å². The lowest BCUT2D eigenvalue weighted by Gasteiger charge is -2.29. The number of ether oxygens (including phenoxy) is 3. The van der Waals surface area contributed by atoms with E-state index in [2.05, 4.69) is 20.8 Å². The number of carbonyl (C=O) groups is 1. The van der Waals surface area contributed by atoms with Crippen LogP contribution in [0.1, 0.15) is 54.5 Å². The summed E-state index contributed by atoms with van der Waals surface area (Å²) in [6.07, 6.45) is 1.97. The first-order chi connectivity index (χ1) is 20.4. The average Bonchev–Trinajstić information content (AvgIpc) is 3.65. The highest BCUT2D eigenvalue weighted by atomic mass is 32.2. The van der Waals surface area contributed by atoms with E-state index in [-0.39, 0.29) is 35.4 Å². The number of amides is 1. The van der Waals surface area contributed by atoms with Crippen LogP contribution in [0.3, 0.4) is 0 Å². The van der Waals surface area contributed by atoms with Gasteiger partial charge in [-0.15, -0.1) is 11.3 Å². The van der Waals surface area contributed by atoms with E-state index in [1.54, 1.807) is 42.6 Å².